The van der Waals surface area contributed by atoms with Gasteiger partial charge in [0.05, 0.1) is 29.6 Å². The van der Waals surface area contributed by atoms with E-state index in [1.165, 1.54) is 0 Å². The van der Waals surface area contributed by atoms with Gasteiger partial charge in [-0.1, -0.05) is 0 Å². The van der Waals surface area contributed by atoms with Gasteiger partial charge in [-0.3, -0.25) is 9.69 Å². The summed E-state index contributed by atoms with van der Waals surface area (Å²) in [5.41, 5.74) is 2.08. The number of carbonyl (C=O) groups excluding carboxylic acids is 1. The third-order valence-corrected chi connectivity index (χ3v) is 5.77. The molecule has 1 fully saturated rings. The van der Waals surface area contributed by atoms with Gasteiger partial charge in [-0.15, -0.1) is 11.3 Å². The topological polar surface area (TPSA) is 69.8 Å². The van der Waals surface area contributed by atoms with Crippen molar-refractivity contribution in [2.45, 2.75) is 39.3 Å². The molecule has 2 aromatic rings. The van der Waals surface area contributed by atoms with Crippen LogP contribution in [0.2, 0.25) is 0 Å². The third-order valence-electron chi connectivity index (χ3n) is 4.70. The van der Waals surface area contributed by atoms with Crippen LogP contribution < -0.4 is 0 Å². The fourth-order valence-corrected chi connectivity index (χ4v) is 4.28. The molecule has 1 unspecified atom stereocenters. The van der Waals surface area contributed by atoms with Gasteiger partial charge in [0.25, 0.3) is 0 Å². The molecular formula is C18H25N3O3S. The monoisotopic (exact) mass is 363 g/mol. The van der Waals surface area contributed by atoms with E-state index in [1.54, 1.807) is 23.9 Å². The van der Waals surface area contributed by atoms with Crippen molar-refractivity contribution in [1.82, 2.24) is 14.8 Å². The molecule has 1 aliphatic rings. The Kier molecular flexibility index (Phi) is 5.88. The van der Waals surface area contributed by atoms with E-state index in [4.69, 9.17) is 4.42 Å². The summed E-state index contributed by atoms with van der Waals surface area (Å²) in [5.74, 6) is 0.151. The molecule has 1 atom stereocenters. The molecule has 1 aliphatic heterocycles. The van der Waals surface area contributed by atoms with Gasteiger partial charge >= 0.3 is 0 Å². The first kappa shape index (κ1) is 18.1. The number of amides is 1. The lowest BCUT2D eigenvalue weighted by Gasteiger charge is -2.41. The summed E-state index contributed by atoms with van der Waals surface area (Å²) in [4.78, 5) is 22.4. The van der Waals surface area contributed by atoms with Crippen LogP contribution in [0.4, 0.5) is 0 Å². The van der Waals surface area contributed by atoms with Crippen LogP contribution in [0.25, 0.3) is 0 Å². The van der Waals surface area contributed by atoms with E-state index < -0.39 is 0 Å². The van der Waals surface area contributed by atoms with Crippen molar-refractivity contribution in [2.24, 2.45) is 0 Å². The number of hydrogen-bond donors (Lipinski definition) is 1. The highest BCUT2D eigenvalue weighted by Crippen LogP contribution is 2.21. The Morgan fingerprint density at radius 2 is 2.28 bits per heavy atom. The van der Waals surface area contributed by atoms with Crippen LogP contribution in [0.5, 0.6) is 0 Å². The Morgan fingerprint density at radius 3 is 2.92 bits per heavy atom. The summed E-state index contributed by atoms with van der Waals surface area (Å²) in [6, 6.07) is 2.13. The summed E-state index contributed by atoms with van der Waals surface area (Å²) >= 11 is 1.60. The zero-order valence-electron chi connectivity index (χ0n) is 14.8. The van der Waals surface area contributed by atoms with E-state index in [2.05, 4.69) is 9.88 Å². The summed E-state index contributed by atoms with van der Waals surface area (Å²) in [7, 11) is 0. The van der Waals surface area contributed by atoms with Crippen molar-refractivity contribution in [1.29, 1.82) is 0 Å². The number of aromatic nitrogens is 1. The first-order valence-electron chi connectivity index (χ1n) is 8.63. The predicted molar refractivity (Wildman–Crippen MR) is 96.5 cm³/mol. The lowest BCUT2D eigenvalue weighted by molar-refractivity contribution is -0.133. The highest BCUT2D eigenvalue weighted by molar-refractivity contribution is 7.11. The maximum atomic E-state index is 12.7. The van der Waals surface area contributed by atoms with Crippen LogP contribution in [0.15, 0.2) is 23.0 Å². The number of thiazole rings is 1. The van der Waals surface area contributed by atoms with Crippen molar-refractivity contribution >= 4 is 17.2 Å². The second kappa shape index (κ2) is 8.12. The van der Waals surface area contributed by atoms with Gasteiger partial charge in [-0.2, -0.15) is 0 Å². The maximum Gasteiger partial charge on any atom is 0.227 e. The summed E-state index contributed by atoms with van der Waals surface area (Å²) in [6.45, 7) is 7.03. The van der Waals surface area contributed by atoms with Crippen LogP contribution in [-0.4, -0.2) is 58.1 Å². The van der Waals surface area contributed by atoms with Crippen LogP contribution in [0.3, 0.4) is 0 Å². The standard InChI is InChI=1S/C18H25N3O3S/c1-13-17(25-14(2)19-13)9-18(23)21-6-5-20(16(11-21)3-7-22)10-15-4-8-24-12-15/h4,8,12,16,22H,3,5-7,9-11H2,1-2H3. The van der Waals surface area contributed by atoms with Crippen molar-refractivity contribution < 1.29 is 14.3 Å². The highest BCUT2D eigenvalue weighted by atomic mass is 32.1. The molecule has 0 aromatic carbocycles. The molecule has 6 nitrogen and oxygen atoms in total. The number of furan rings is 1. The highest BCUT2D eigenvalue weighted by Gasteiger charge is 2.29. The quantitative estimate of drug-likeness (QED) is 0.850. The van der Waals surface area contributed by atoms with E-state index in [1.807, 2.05) is 24.8 Å². The molecule has 0 radical (unpaired) electrons. The zero-order chi connectivity index (χ0) is 17.8. The first-order valence-corrected chi connectivity index (χ1v) is 9.45. The van der Waals surface area contributed by atoms with E-state index in [9.17, 15) is 9.90 Å². The van der Waals surface area contributed by atoms with Gasteiger partial charge in [0, 0.05) is 49.3 Å². The Labute approximate surface area is 152 Å². The van der Waals surface area contributed by atoms with Crippen LogP contribution >= 0.6 is 11.3 Å². The van der Waals surface area contributed by atoms with E-state index in [-0.39, 0.29) is 18.6 Å². The third kappa shape index (κ3) is 4.48. The molecule has 1 saturated heterocycles. The summed E-state index contributed by atoms with van der Waals surface area (Å²) in [5, 5.41) is 10.4. The molecule has 7 heteroatoms. The smallest absolute Gasteiger partial charge is 0.227 e. The van der Waals surface area contributed by atoms with Gasteiger partial charge in [-0.05, 0) is 26.3 Å². The molecule has 3 heterocycles. The molecule has 1 amide bonds. The normalized spacial score (nSPS) is 18.7. The van der Waals surface area contributed by atoms with Crippen molar-refractivity contribution in [2.75, 3.05) is 26.2 Å². The number of hydrogen-bond acceptors (Lipinski definition) is 6. The maximum absolute atomic E-state index is 12.7. The molecule has 0 bridgehead atoms. The lowest BCUT2D eigenvalue weighted by atomic mass is 10.1. The molecule has 136 valence electrons. The fraction of sp³-hybridized carbons (Fsp3) is 0.556. The summed E-state index contributed by atoms with van der Waals surface area (Å²) in [6.07, 6.45) is 4.52. The molecule has 3 rings (SSSR count). The average molecular weight is 363 g/mol. The van der Waals surface area contributed by atoms with Crippen molar-refractivity contribution in [3.05, 3.63) is 39.7 Å². The molecule has 25 heavy (non-hydrogen) atoms. The number of aliphatic hydroxyl groups is 1. The van der Waals surface area contributed by atoms with Crippen molar-refractivity contribution in [3.8, 4) is 0 Å². The van der Waals surface area contributed by atoms with E-state index in [0.717, 1.165) is 40.8 Å². The van der Waals surface area contributed by atoms with Crippen LogP contribution in [0.1, 0.15) is 27.6 Å². The molecule has 0 aliphatic carbocycles. The molecule has 0 spiro atoms. The molecule has 1 N–H and O–H groups in total. The number of rotatable bonds is 6. The molecule has 0 saturated carbocycles. The lowest BCUT2D eigenvalue weighted by Crippen LogP contribution is -2.54. The second-order valence-corrected chi connectivity index (χ2v) is 7.81. The number of carbonyl (C=O) groups is 1. The molecule has 2 aromatic heterocycles. The Bertz CT molecular complexity index is 698. The Balaban J connectivity index is 1.62. The summed E-state index contributed by atoms with van der Waals surface area (Å²) < 4.78 is 5.14. The number of piperazine rings is 1. The van der Waals surface area contributed by atoms with Crippen LogP contribution in [0, 0.1) is 13.8 Å². The Morgan fingerprint density at radius 1 is 1.44 bits per heavy atom. The van der Waals surface area contributed by atoms with Crippen molar-refractivity contribution in [3.63, 3.8) is 0 Å². The van der Waals surface area contributed by atoms with Crippen LogP contribution in [-0.2, 0) is 17.8 Å². The van der Waals surface area contributed by atoms with E-state index >= 15 is 0 Å². The predicted octanol–water partition coefficient (Wildman–Crippen LogP) is 1.99. The second-order valence-electron chi connectivity index (χ2n) is 6.53. The number of nitrogens with zero attached hydrogens (tertiary/aromatic N) is 3. The largest absolute Gasteiger partial charge is 0.472 e. The van der Waals surface area contributed by atoms with Gasteiger partial charge in [0.1, 0.15) is 0 Å². The minimum atomic E-state index is 0.127. The van der Waals surface area contributed by atoms with Gasteiger partial charge < -0.3 is 14.4 Å². The molecular weight excluding hydrogens is 338 g/mol. The zero-order valence-corrected chi connectivity index (χ0v) is 15.6. The first-order chi connectivity index (χ1) is 12.1. The minimum absolute atomic E-state index is 0.127. The van der Waals surface area contributed by atoms with E-state index in [0.29, 0.717) is 19.4 Å². The minimum Gasteiger partial charge on any atom is -0.472 e. The van der Waals surface area contributed by atoms with Gasteiger partial charge in [-0.25, -0.2) is 4.98 Å². The number of aliphatic hydroxyl groups excluding tert-OH is 1. The Hall–Kier alpha value is -1.70. The van der Waals surface area contributed by atoms with Gasteiger partial charge in [0.15, 0.2) is 0 Å². The number of aryl methyl sites for hydroxylation is 2. The van der Waals surface area contributed by atoms with Gasteiger partial charge in [0.2, 0.25) is 5.91 Å². The average Bonchev–Trinajstić information content (AvgIpc) is 3.19. The SMILES string of the molecule is Cc1nc(C)c(CC(=O)N2CCN(Cc3ccoc3)C(CCO)C2)s1. The fourth-order valence-electron chi connectivity index (χ4n) is 3.35.